The third kappa shape index (κ3) is 3.56. The van der Waals surface area contributed by atoms with Crippen molar-refractivity contribution in [2.24, 2.45) is 0 Å². The van der Waals surface area contributed by atoms with Crippen LogP contribution in [0.3, 0.4) is 0 Å². The number of carbonyl (C=O) groups excluding carboxylic acids is 1. The molecule has 144 valence electrons. The summed E-state index contributed by atoms with van der Waals surface area (Å²) < 4.78 is 1.65. The second-order valence-electron chi connectivity index (χ2n) is 7.22. The van der Waals surface area contributed by atoms with Crippen LogP contribution >= 0.6 is 11.8 Å². The highest BCUT2D eigenvalue weighted by molar-refractivity contribution is 7.99. The van der Waals surface area contributed by atoms with Gasteiger partial charge in [0.1, 0.15) is 0 Å². The van der Waals surface area contributed by atoms with Gasteiger partial charge in [0.05, 0.1) is 22.3 Å². The number of hydrogen-bond acceptors (Lipinski definition) is 4. The lowest BCUT2D eigenvalue weighted by Gasteiger charge is -2.17. The number of carbonyl (C=O) groups is 1. The lowest BCUT2D eigenvalue weighted by Crippen LogP contribution is -2.30. The third-order valence-corrected chi connectivity index (χ3v) is 6.04. The molecule has 4 rings (SSSR count). The van der Waals surface area contributed by atoms with E-state index in [9.17, 15) is 9.59 Å². The minimum Gasteiger partial charge on any atom is -0.342 e. The van der Waals surface area contributed by atoms with E-state index in [0.717, 1.165) is 42.7 Å². The van der Waals surface area contributed by atoms with Crippen LogP contribution in [-0.4, -0.2) is 39.2 Å². The Hall–Kier alpha value is -2.60. The first-order chi connectivity index (χ1) is 13.5. The molecule has 28 heavy (non-hydrogen) atoms. The molecule has 0 spiro atoms. The lowest BCUT2D eigenvalue weighted by atomic mass is 10.1. The summed E-state index contributed by atoms with van der Waals surface area (Å²) >= 11 is 1.34. The van der Waals surface area contributed by atoms with Gasteiger partial charge in [0.2, 0.25) is 5.91 Å². The van der Waals surface area contributed by atoms with Crippen molar-refractivity contribution in [2.75, 3.05) is 18.8 Å². The number of aromatic nitrogens is 2. The number of aryl methyl sites for hydroxylation is 2. The molecule has 0 atom stereocenters. The van der Waals surface area contributed by atoms with Crippen LogP contribution in [-0.2, 0) is 4.79 Å². The molecule has 0 saturated carbocycles. The van der Waals surface area contributed by atoms with E-state index in [4.69, 9.17) is 4.98 Å². The fraction of sp³-hybridized carbons (Fsp3) is 0.318. The van der Waals surface area contributed by atoms with E-state index in [2.05, 4.69) is 6.07 Å². The number of amides is 1. The smallest absolute Gasteiger partial charge is 0.266 e. The van der Waals surface area contributed by atoms with Crippen molar-refractivity contribution in [3.8, 4) is 5.69 Å². The maximum Gasteiger partial charge on any atom is 0.266 e. The lowest BCUT2D eigenvalue weighted by molar-refractivity contribution is -0.127. The molecular formula is C22H23N3O2S. The summed E-state index contributed by atoms with van der Waals surface area (Å²) in [6.07, 6.45) is 2.13. The van der Waals surface area contributed by atoms with Crippen LogP contribution in [0.25, 0.3) is 16.6 Å². The van der Waals surface area contributed by atoms with Crippen molar-refractivity contribution in [1.29, 1.82) is 0 Å². The van der Waals surface area contributed by atoms with E-state index in [0.29, 0.717) is 16.1 Å². The summed E-state index contributed by atoms with van der Waals surface area (Å²) in [5, 5.41) is 1.14. The first kappa shape index (κ1) is 18.7. The molecular weight excluding hydrogens is 370 g/mol. The Balaban J connectivity index is 1.79. The summed E-state index contributed by atoms with van der Waals surface area (Å²) in [4.78, 5) is 32.4. The Kier molecular flexibility index (Phi) is 5.22. The van der Waals surface area contributed by atoms with E-state index >= 15 is 0 Å². The van der Waals surface area contributed by atoms with Crippen molar-refractivity contribution in [3.63, 3.8) is 0 Å². The monoisotopic (exact) mass is 393 g/mol. The second-order valence-corrected chi connectivity index (χ2v) is 8.16. The number of thioether (sulfide) groups is 1. The maximum atomic E-state index is 13.3. The largest absolute Gasteiger partial charge is 0.342 e. The summed E-state index contributed by atoms with van der Waals surface area (Å²) in [6.45, 7) is 5.68. The van der Waals surface area contributed by atoms with Gasteiger partial charge in [-0.1, -0.05) is 41.6 Å². The predicted octanol–water partition coefficient (Wildman–Crippen LogP) is 3.72. The first-order valence-electron chi connectivity index (χ1n) is 9.54. The topological polar surface area (TPSA) is 55.2 Å². The number of para-hydroxylation sites is 1. The van der Waals surface area contributed by atoms with E-state index in [1.165, 1.54) is 11.8 Å². The van der Waals surface area contributed by atoms with Crippen LogP contribution in [0.2, 0.25) is 0 Å². The number of hydrogen-bond donors (Lipinski definition) is 0. The molecule has 0 bridgehead atoms. The van der Waals surface area contributed by atoms with Crippen LogP contribution in [0.4, 0.5) is 0 Å². The Morgan fingerprint density at radius 2 is 1.86 bits per heavy atom. The van der Waals surface area contributed by atoms with Crippen molar-refractivity contribution in [1.82, 2.24) is 14.5 Å². The molecule has 2 heterocycles. The highest BCUT2D eigenvalue weighted by Gasteiger charge is 2.20. The second kappa shape index (κ2) is 7.80. The third-order valence-electron chi connectivity index (χ3n) is 5.12. The number of likely N-dealkylation sites (tertiary alicyclic amines) is 1. The zero-order valence-corrected chi connectivity index (χ0v) is 17.0. The van der Waals surface area contributed by atoms with Crippen molar-refractivity contribution in [2.45, 2.75) is 31.8 Å². The van der Waals surface area contributed by atoms with E-state index < -0.39 is 0 Å². The number of nitrogens with zero attached hydrogens (tertiary/aromatic N) is 3. The predicted molar refractivity (Wildman–Crippen MR) is 113 cm³/mol. The molecule has 6 heteroatoms. The van der Waals surface area contributed by atoms with Crippen LogP contribution in [0.1, 0.15) is 24.0 Å². The van der Waals surface area contributed by atoms with Gasteiger partial charge in [0.15, 0.2) is 5.16 Å². The minimum atomic E-state index is -0.103. The van der Waals surface area contributed by atoms with Crippen LogP contribution < -0.4 is 5.56 Å². The summed E-state index contributed by atoms with van der Waals surface area (Å²) in [5.74, 6) is 0.396. The molecule has 2 aromatic carbocycles. The molecule has 1 aliphatic heterocycles. The van der Waals surface area contributed by atoms with Crippen molar-refractivity contribution >= 4 is 28.6 Å². The van der Waals surface area contributed by atoms with Gasteiger partial charge >= 0.3 is 0 Å². The van der Waals surface area contributed by atoms with Gasteiger partial charge in [-0.3, -0.25) is 14.2 Å². The molecule has 3 aromatic rings. The zero-order chi connectivity index (χ0) is 19.7. The van der Waals surface area contributed by atoms with Gasteiger partial charge in [-0.2, -0.15) is 0 Å². The SMILES string of the molecule is Cc1ccc(-n2c(SCC(=O)N3CCCC3)nc3ccccc3c2=O)c(C)c1. The summed E-state index contributed by atoms with van der Waals surface area (Å²) in [6, 6.07) is 13.4. The molecule has 1 amide bonds. The van der Waals surface area contributed by atoms with Crippen LogP contribution in [0.5, 0.6) is 0 Å². The fourth-order valence-corrected chi connectivity index (χ4v) is 4.57. The normalized spacial score (nSPS) is 14.0. The molecule has 1 aromatic heterocycles. The van der Waals surface area contributed by atoms with Gasteiger partial charge in [-0.15, -0.1) is 0 Å². The number of benzene rings is 2. The molecule has 0 radical (unpaired) electrons. The Morgan fingerprint density at radius 1 is 1.11 bits per heavy atom. The van der Waals surface area contributed by atoms with E-state index in [1.54, 1.807) is 10.6 Å². The average molecular weight is 394 g/mol. The quantitative estimate of drug-likeness (QED) is 0.501. The summed E-state index contributed by atoms with van der Waals surface area (Å²) in [5.41, 5.74) is 3.51. The van der Waals surface area contributed by atoms with Crippen LogP contribution in [0, 0.1) is 13.8 Å². The highest BCUT2D eigenvalue weighted by Crippen LogP contribution is 2.24. The average Bonchev–Trinajstić information content (AvgIpc) is 3.22. The van der Waals surface area contributed by atoms with Gasteiger partial charge in [-0.05, 0) is 50.5 Å². The molecule has 0 N–H and O–H groups in total. The minimum absolute atomic E-state index is 0.103. The van der Waals surface area contributed by atoms with E-state index in [1.807, 2.05) is 49.1 Å². The van der Waals surface area contributed by atoms with Gasteiger partial charge in [0.25, 0.3) is 5.56 Å². The highest BCUT2D eigenvalue weighted by atomic mass is 32.2. The molecule has 1 fully saturated rings. The Morgan fingerprint density at radius 3 is 2.61 bits per heavy atom. The Bertz CT molecular complexity index is 1100. The number of rotatable bonds is 4. The molecule has 0 aliphatic carbocycles. The Labute approximate surface area is 168 Å². The molecule has 0 unspecified atom stereocenters. The van der Waals surface area contributed by atoms with Crippen LogP contribution in [0.15, 0.2) is 52.4 Å². The van der Waals surface area contributed by atoms with Crippen molar-refractivity contribution in [3.05, 3.63) is 63.9 Å². The molecule has 1 aliphatic rings. The zero-order valence-electron chi connectivity index (χ0n) is 16.1. The standard InChI is InChI=1S/C22H23N3O2S/c1-15-9-10-19(16(2)13-15)25-21(27)17-7-3-4-8-18(17)23-22(25)28-14-20(26)24-11-5-6-12-24/h3-4,7-10,13H,5-6,11-12,14H2,1-2H3. The first-order valence-corrected chi connectivity index (χ1v) is 10.5. The number of fused-ring (bicyclic) bond motifs is 1. The van der Waals surface area contributed by atoms with Gasteiger partial charge in [-0.25, -0.2) is 4.98 Å². The van der Waals surface area contributed by atoms with Gasteiger partial charge < -0.3 is 4.90 Å². The summed E-state index contributed by atoms with van der Waals surface area (Å²) in [7, 11) is 0. The molecule has 5 nitrogen and oxygen atoms in total. The van der Waals surface area contributed by atoms with Gasteiger partial charge in [0, 0.05) is 13.1 Å². The van der Waals surface area contributed by atoms with Crippen molar-refractivity contribution < 1.29 is 4.79 Å². The maximum absolute atomic E-state index is 13.3. The molecule has 1 saturated heterocycles. The fourth-order valence-electron chi connectivity index (χ4n) is 3.66. The van der Waals surface area contributed by atoms with E-state index in [-0.39, 0.29) is 17.2 Å².